The highest BCUT2D eigenvalue weighted by molar-refractivity contribution is 6.04. The molecule has 14 heavy (non-hydrogen) atoms. The summed E-state index contributed by atoms with van der Waals surface area (Å²) in [6.07, 6.45) is 0. The van der Waals surface area contributed by atoms with Crippen LogP contribution in [-0.4, -0.2) is 17.7 Å². The normalized spacial score (nSPS) is 9.57. The topological polar surface area (TPSA) is 40.5 Å². The van der Waals surface area contributed by atoms with E-state index in [1.54, 1.807) is 19.1 Å². The van der Waals surface area contributed by atoms with Crippen LogP contribution < -0.4 is 4.90 Å². The summed E-state index contributed by atoms with van der Waals surface area (Å²) in [4.78, 5) is 12.8. The minimum absolute atomic E-state index is 0.265. The van der Waals surface area contributed by atoms with Crippen LogP contribution in [0.1, 0.15) is 6.92 Å². The summed E-state index contributed by atoms with van der Waals surface area (Å²) in [6.45, 7) is 4.83. The van der Waals surface area contributed by atoms with Crippen LogP contribution in [0.25, 0.3) is 0 Å². The van der Waals surface area contributed by atoms with Crippen molar-refractivity contribution >= 4 is 11.6 Å². The Bertz CT molecular complexity index is 332. The molecule has 1 amide bonds. The second-order valence-corrected chi connectivity index (χ2v) is 2.99. The summed E-state index contributed by atoms with van der Waals surface area (Å²) >= 11 is 0. The molecule has 0 saturated heterocycles. The Morgan fingerprint density at radius 1 is 1.43 bits per heavy atom. The first-order chi connectivity index (χ1) is 6.66. The molecule has 3 heteroatoms. The van der Waals surface area contributed by atoms with Gasteiger partial charge in [-0.2, -0.15) is 0 Å². The predicted molar refractivity (Wildman–Crippen MR) is 55.8 cm³/mol. The van der Waals surface area contributed by atoms with E-state index in [0.717, 1.165) is 0 Å². The Hall–Kier alpha value is -1.61. The minimum atomic E-state index is -0.338. The number of carbonyl (C=O) groups excluding carboxylic acids is 1. The van der Waals surface area contributed by atoms with Gasteiger partial charge in [0.15, 0.2) is 0 Å². The van der Waals surface area contributed by atoms with Crippen molar-refractivity contribution in [3.63, 3.8) is 0 Å². The van der Waals surface area contributed by atoms with Gasteiger partial charge in [0.2, 0.25) is 0 Å². The van der Waals surface area contributed by atoms with Crippen molar-refractivity contribution in [2.24, 2.45) is 0 Å². The standard InChI is InChI=1S/C11H13NO2/c1-9(2)11(14)12(8-13)10-6-4-3-5-7-10/h3-7,13H,1,8H2,2H3. The third-order valence-corrected chi connectivity index (χ3v) is 1.82. The molecule has 0 unspecified atom stereocenters. The molecule has 0 radical (unpaired) electrons. The van der Waals surface area contributed by atoms with Gasteiger partial charge in [-0.15, -0.1) is 0 Å². The lowest BCUT2D eigenvalue weighted by atomic mass is 10.2. The van der Waals surface area contributed by atoms with Crippen LogP contribution in [0.15, 0.2) is 42.5 Å². The van der Waals surface area contributed by atoms with E-state index in [9.17, 15) is 4.79 Å². The van der Waals surface area contributed by atoms with Crippen LogP contribution in [0.2, 0.25) is 0 Å². The second-order valence-electron chi connectivity index (χ2n) is 2.99. The number of para-hydroxylation sites is 1. The van der Waals surface area contributed by atoms with E-state index >= 15 is 0 Å². The summed E-state index contributed by atoms with van der Waals surface area (Å²) < 4.78 is 0. The number of aliphatic hydroxyl groups is 1. The van der Waals surface area contributed by atoms with Crippen molar-refractivity contribution in [1.82, 2.24) is 0 Å². The van der Waals surface area contributed by atoms with E-state index in [4.69, 9.17) is 5.11 Å². The first-order valence-electron chi connectivity index (χ1n) is 4.30. The Labute approximate surface area is 83.3 Å². The summed E-state index contributed by atoms with van der Waals surface area (Å²) in [5.41, 5.74) is 1.07. The van der Waals surface area contributed by atoms with Crippen molar-refractivity contribution in [1.29, 1.82) is 0 Å². The minimum Gasteiger partial charge on any atom is -0.376 e. The quantitative estimate of drug-likeness (QED) is 0.581. The van der Waals surface area contributed by atoms with Crippen LogP contribution in [0.4, 0.5) is 5.69 Å². The van der Waals surface area contributed by atoms with Gasteiger partial charge in [-0.05, 0) is 19.1 Å². The molecule has 1 aromatic rings. The van der Waals surface area contributed by atoms with Gasteiger partial charge in [0, 0.05) is 11.3 Å². The number of nitrogens with zero attached hydrogens (tertiary/aromatic N) is 1. The molecule has 0 saturated carbocycles. The molecule has 0 spiro atoms. The van der Waals surface area contributed by atoms with Crippen LogP contribution in [0.5, 0.6) is 0 Å². The molecule has 0 atom stereocenters. The molecule has 0 heterocycles. The summed E-state index contributed by atoms with van der Waals surface area (Å²) in [5.74, 6) is -0.265. The fourth-order valence-corrected chi connectivity index (χ4v) is 1.10. The highest BCUT2D eigenvalue weighted by atomic mass is 16.3. The molecule has 0 aliphatic carbocycles. The maximum Gasteiger partial charge on any atom is 0.255 e. The maximum atomic E-state index is 11.5. The lowest BCUT2D eigenvalue weighted by Crippen LogP contribution is -2.31. The Morgan fingerprint density at radius 3 is 2.43 bits per heavy atom. The molecule has 74 valence electrons. The van der Waals surface area contributed by atoms with Crippen molar-refractivity contribution < 1.29 is 9.90 Å². The van der Waals surface area contributed by atoms with Gasteiger partial charge in [0.1, 0.15) is 6.73 Å². The molecule has 1 rings (SSSR count). The average Bonchev–Trinajstić information content (AvgIpc) is 2.20. The molecule has 3 nitrogen and oxygen atoms in total. The van der Waals surface area contributed by atoms with Crippen molar-refractivity contribution in [3.8, 4) is 0 Å². The van der Waals surface area contributed by atoms with Gasteiger partial charge in [0.25, 0.3) is 5.91 Å². The fraction of sp³-hybridized carbons (Fsp3) is 0.182. The number of benzene rings is 1. The molecular formula is C11H13NO2. The summed E-state index contributed by atoms with van der Waals surface area (Å²) in [5, 5.41) is 9.06. The van der Waals surface area contributed by atoms with Gasteiger partial charge < -0.3 is 5.11 Å². The Kier molecular flexibility index (Phi) is 3.42. The number of hydrogen-bond donors (Lipinski definition) is 1. The van der Waals surface area contributed by atoms with Crippen LogP contribution in [0.3, 0.4) is 0 Å². The lowest BCUT2D eigenvalue weighted by Gasteiger charge is -2.19. The van der Waals surface area contributed by atoms with Gasteiger partial charge >= 0.3 is 0 Å². The number of carbonyl (C=O) groups is 1. The molecule has 0 fully saturated rings. The number of amides is 1. The largest absolute Gasteiger partial charge is 0.376 e. The van der Waals surface area contributed by atoms with Crippen LogP contribution in [-0.2, 0) is 4.79 Å². The van der Waals surface area contributed by atoms with E-state index in [1.807, 2.05) is 18.2 Å². The summed E-state index contributed by atoms with van der Waals surface area (Å²) in [6, 6.07) is 8.99. The van der Waals surface area contributed by atoms with Crippen LogP contribution in [0, 0.1) is 0 Å². The zero-order chi connectivity index (χ0) is 10.6. The average molecular weight is 191 g/mol. The van der Waals surface area contributed by atoms with Gasteiger partial charge in [-0.1, -0.05) is 24.8 Å². The Morgan fingerprint density at radius 2 is 2.00 bits per heavy atom. The lowest BCUT2D eigenvalue weighted by molar-refractivity contribution is -0.115. The highest BCUT2D eigenvalue weighted by Crippen LogP contribution is 2.14. The third-order valence-electron chi connectivity index (χ3n) is 1.82. The van der Waals surface area contributed by atoms with Crippen molar-refractivity contribution in [3.05, 3.63) is 42.5 Å². The number of hydrogen-bond acceptors (Lipinski definition) is 2. The van der Waals surface area contributed by atoms with E-state index in [0.29, 0.717) is 11.3 Å². The van der Waals surface area contributed by atoms with Crippen molar-refractivity contribution in [2.75, 3.05) is 11.6 Å². The van der Waals surface area contributed by atoms with E-state index in [2.05, 4.69) is 6.58 Å². The molecule has 0 aromatic heterocycles. The van der Waals surface area contributed by atoms with E-state index in [1.165, 1.54) is 4.90 Å². The molecule has 0 aliphatic heterocycles. The van der Waals surface area contributed by atoms with E-state index in [-0.39, 0.29) is 12.6 Å². The third kappa shape index (κ3) is 2.20. The molecule has 0 aliphatic rings. The first kappa shape index (κ1) is 10.5. The number of anilines is 1. The van der Waals surface area contributed by atoms with Crippen molar-refractivity contribution in [2.45, 2.75) is 6.92 Å². The van der Waals surface area contributed by atoms with Gasteiger partial charge in [-0.3, -0.25) is 9.69 Å². The SMILES string of the molecule is C=C(C)C(=O)N(CO)c1ccccc1. The monoisotopic (exact) mass is 191 g/mol. The highest BCUT2D eigenvalue weighted by Gasteiger charge is 2.14. The Balaban J connectivity index is 2.93. The second kappa shape index (κ2) is 4.58. The maximum absolute atomic E-state index is 11.5. The predicted octanol–water partition coefficient (Wildman–Crippen LogP) is 1.55. The van der Waals surface area contributed by atoms with Gasteiger partial charge in [-0.25, -0.2) is 0 Å². The zero-order valence-electron chi connectivity index (χ0n) is 8.10. The summed E-state index contributed by atoms with van der Waals surface area (Å²) in [7, 11) is 0. The molecule has 1 aromatic carbocycles. The zero-order valence-corrected chi connectivity index (χ0v) is 8.10. The van der Waals surface area contributed by atoms with E-state index < -0.39 is 0 Å². The van der Waals surface area contributed by atoms with Gasteiger partial charge in [0.05, 0.1) is 0 Å². The smallest absolute Gasteiger partial charge is 0.255 e. The fourth-order valence-electron chi connectivity index (χ4n) is 1.10. The van der Waals surface area contributed by atoms with Crippen LogP contribution >= 0.6 is 0 Å². The number of aliphatic hydroxyl groups excluding tert-OH is 1. The molecular weight excluding hydrogens is 178 g/mol. The molecule has 0 bridgehead atoms. The number of rotatable bonds is 3. The first-order valence-corrected chi connectivity index (χ1v) is 4.30. The molecule has 1 N–H and O–H groups in total.